The molecule has 6 rings (SSSR count). The average molecular weight is 536 g/mol. The van der Waals surface area contributed by atoms with Crippen LogP contribution in [0.15, 0.2) is 68.3 Å². The molecule has 1 amide bonds. The number of rotatable bonds is 4. The third kappa shape index (κ3) is 3.34. The Hall–Kier alpha value is -3.98. The number of carbonyl (C=O) groups is 1. The van der Waals surface area contributed by atoms with Crippen LogP contribution in [0.25, 0.3) is 11.0 Å². The lowest BCUT2D eigenvalue weighted by Gasteiger charge is -2.26. The largest absolute Gasteiger partial charge is 0.503 e. The molecule has 2 aliphatic rings. The number of ether oxygens (including phenoxy) is 3. The molecule has 35 heavy (non-hydrogen) atoms. The van der Waals surface area contributed by atoms with E-state index in [4.69, 9.17) is 18.6 Å². The summed E-state index contributed by atoms with van der Waals surface area (Å²) in [6, 6.07) is 14.8. The molecule has 1 aromatic heterocycles. The van der Waals surface area contributed by atoms with E-state index in [1.807, 2.05) is 12.1 Å². The highest BCUT2D eigenvalue weighted by molar-refractivity contribution is 9.10. The number of hydrogen-bond donors (Lipinski definition) is 1. The molecule has 0 fully saturated rings. The molecule has 0 unspecified atom stereocenters. The number of halogens is 1. The Labute approximate surface area is 207 Å². The number of nitrogens with zero attached hydrogens (tertiary/aromatic N) is 1. The van der Waals surface area contributed by atoms with Gasteiger partial charge >= 0.3 is 0 Å². The van der Waals surface area contributed by atoms with Crippen molar-refractivity contribution in [3.05, 3.63) is 91.7 Å². The predicted octanol–water partition coefficient (Wildman–Crippen LogP) is 4.74. The fourth-order valence-corrected chi connectivity index (χ4v) is 5.08. The Morgan fingerprint density at radius 1 is 1.09 bits per heavy atom. The summed E-state index contributed by atoms with van der Waals surface area (Å²) in [6.45, 7) is 0.322. The van der Waals surface area contributed by atoms with Crippen molar-refractivity contribution in [1.82, 2.24) is 4.90 Å². The second kappa shape index (κ2) is 8.06. The molecule has 2 aliphatic heterocycles. The minimum Gasteiger partial charge on any atom is -0.503 e. The molecule has 8 nitrogen and oxygen atoms in total. The summed E-state index contributed by atoms with van der Waals surface area (Å²) in [5, 5.41) is 10.7. The van der Waals surface area contributed by atoms with E-state index in [0.29, 0.717) is 32.5 Å². The number of hydrogen-bond acceptors (Lipinski definition) is 7. The van der Waals surface area contributed by atoms with Gasteiger partial charge in [-0.2, -0.15) is 0 Å². The topological polar surface area (TPSA) is 98.4 Å². The SMILES string of the molecule is COc1cc([C@H]2c3c(oc4ccccc4c3=O)C(=O)N2Cc2ccc3c(c2)OCO3)cc(Br)c1O. The van der Waals surface area contributed by atoms with E-state index in [1.54, 1.807) is 47.4 Å². The molecular weight excluding hydrogens is 518 g/mol. The molecule has 176 valence electrons. The molecule has 0 radical (unpaired) electrons. The van der Waals surface area contributed by atoms with Gasteiger partial charge in [-0.05, 0) is 63.5 Å². The maximum Gasteiger partial charge on any atom is 0.291 e. The second-order valence-electron chi connectivity index (χ2n) is 8.25. The van der Waals surface area contributed by atoms with Crippen LogP contribution < -0.4 is 19.6 Å². The van der Waals surface area contributed by atoms with Gasteiger partial charge in [-0.25, -0.2) is 0 Å². The van der Waals surface area contributed by atoms with Crippen molar-refractivity contribution >= 4 is 32.8 Å². The lowest BCUT2D eigenvalue weighted by atomic mass is 9.97. The Kier molecular flexibility index (Phi) is 4.96. The van der Waals surface area contributed by atoms with Crippen molar-refractivity contribution in [2.75, 3.05) is 13.9 Å². The minimum absolute atomic E-state index is 0.00241. The van der Waals surface area contributed by atoms with Gasteiger partial charge < -0.3 is 28.6 Å². The number of amides is 1. The van der Waals surface area contributed by atoms with Crippen molar-refractivity contribution in [3.8, 4) is 23.0 Å². The molecule has 9 heteroatoms. The van der Waals surface area contributed by atoms with Gasteiger partial charge in [0.25, 0.3) is 5.91 Å². The van der Waals surface area contributed by atoms with Gasteiger partial charge in [0.2, 0.25) is 12.6 Å². The van der Waals surface area contributed by atoms with Crippen molar-refractivity contribution in [1.29, 1.82) is 0 Å². The molecule has 0 spiro atoms. The first-order valence-electron chi connectivity index (χ1n) is 10.8. The van der Waals surface area contributed by atoms with Gasteiger partial charge in [0.1, 0.15) is 5.58 Å². The van der Waals surface area contributed by atoms with Crippen LogP contribution in [0.3, 0.4) is 0 Å². The molecule has 0 aliphatic carbocycles. The number of fused-ring (bicyclic) bond motifs is 3. The first kappa shape index (κ1) is 21.5. The highest BCUT2D eigenvalue weighted by atomic mass is 79.9. The predicted molar refractivity (Wildman–Crippen MR) is 129 cm³/mol. The Morgan fingerprint density at radius 3 is 2.71 bits per heavy atom. The van der Waals surface area contributed by atoms with Gasteiger partial charge in [0.05, 0.1) is 28.6 Å². The standard InChI is InChI=1S/C26H18BrNO7/c1-32-20-10-14(9-16(27)24(20)30)22-21-23(29)15-4-2-3-5-17(15)35-25(21)26(31)28(22)11-13-6-7-18-19(8-13)34-12-33-18/h2-10,22,30H,11-12H2,1H3/t22-/m0/s1. The van der Waals surface area contributed by atoms with Crippen LogP contribution in [0.4, 0.5) is 0 Å². The number of methoxy groups -OCH3 is 1. The first-order chi connectivity index (χ1) is 17.0. The van der Waals surface area contributed by atoms with Crippen molar-refractivity contribution < 1.29 is 28.5 Å². The fourth-order valence-electron chi connectivity index (χ4n) is 4.62. The summed E-state index contributed by atoms with van der Waals surface area (Å²) in [6.07, 6.45) is 0. The first-order valence-corrected chi connectivity index (χ1v) is 11.6. The fraction of sp³-hybridized carbons (Fsp3) is 0.154. The zero-order valence-corrected chi connectivity index (χ0v) is 20.0. The van der Waals surface area contributed by atoms with E-state index in [1.165, 1.54) is 7.11 Å². The highest BCUT2D eigenvalue weighted by Gasteiger charge is 2.43. The number of aromatic hydroxyl groups is 1. The van der Waals surface area contributed by atoms with E-state index >= 15 is 0 Å². The molecule has 4 aromatic rings. The molecule has 1 atom stereocenters. The zero-order valence-electron chi connectivity index (χ0n) is 18.4. The summed E-state index contributed by atoms with van der Waals surface area (Å²) in [5.41, 5.74) is 1.69. The maximum atomic E-state index is 13.7. The average Bonchev–Trinajstić information content (AvgIpc) is 3.44. The Bertz CT molecular complexity index is 1580. The molecule has 0 bridgehead atoms. The molecular formula is C26H18BrNO7. The lowest BCUT2D eigenvalue weighted by molar-refractivity contribution is 0.0714. The smallest absolute Gasteiger partial charge is 0.291 e. The Morgan fingerprint density at radius 2 is 1.89 bits per heavy atom. The van der Waals surface area contributed by atoms with Gasteiger partial charge in [0, 0.05) is 6.54 Å². The summed E-state index contributed by atoms with van der Waals surface area (Å²) < 4.78 is 22.6. The molecule has 3 heterocycles. The van der Waals surface area contributed by atoms with Crippen molar-refractivity contribution in [2.45, 2.75) is 12.6 Å². The number of phenols is 1. The summed E-state index contributed by atoms with van der Waals surface area (Å²) in [5.74, 6) is 0.960. The van der Waals surface area contributed by atoms with Crippen LogP contribution in [-0.4, -0.2) is 29.8 Å². The van der Waals surface area contributed by atoms with Crippen LogP contribution in [0, 0.1) is 0 Å². The summed E-state index contributed by atoms with van der Waals surface area (Å²) in [4.78, 5) is 28.9. The van der Waals surface area contributed by atoms with Gasteiger partial charge in [-0.1, -0.05) is 18.2 Å². The number of phenolic OH excluding ortho intramolecular Hbond substituents is 1. The third-order valence-corrected chi connectivity index (χ3v) is 6.85. The highest BCUT2D eigenvalue weighted by Crippen LogP contribution is 2.44. The van der Waals surface area contributed by atoms with Crippen LogP contribution in [0.5, 0.6) is 23.0 Å². The van der Waals surface area contributed by atoms with E-state index < -0.39 is 11.9 Å². The molecule has 3 aromatic carbocycles. The second-order valence-corrected chi connectivity index (χ2v) is 9.10. The van der Waals surface area contributed by atoms with Crippen molar-refractivity contribution in [2.24, 2.45) is 0 Å². The third-order valence-electron chi connectivity index (χ3n) is 6.25. The van der Waals surface area contributed by atoms with Crippen LogP contribution in [0.1, 0.15) is 33.3 Å². The quantitative estimate of drug-likeness (QED) is 0.402. The van der Waals surface area contributed by atoms with E-state index in [9.17, 15) is 14.7 Å². The molecule has 0 saturated carbocycles. The van der Waals surface area contributed by atoms with E-state index in [2.05, 4.69) is 15.9 Å². The van der Waals surface area contributed by atoms with Crippen LogP contribution >= 0.6 is 15.9 Å². The summed E-state index contributed by atoms with van der Waals surface area (Å²) in [7, 11) is 1.44. The van der Waals surface area contributed by atoms with Gasteiger partial charge in [0.15, 0.2) is 28.4 Å². The minimum atomic E-state index is -0.769. The molecule has 1 N–H and O–H groups in total. The van der Waals surface area contributed by atoms with Crippen LogP contribution in [0.2, 0.25) is 0 Å². The zero-order chi connectivity index (χ0) is 24.3. The molecule has 0 saturated heterocycles. The monoisotopic (exact) mass is 535 g/mol. The number of para-hydroxylation sites is 1. The maximum absolute atomic E-state index is 13.7. The van der Waals surface area contributed by atoms with E-state index in [0.717, 1.165) is 5.56 Å². The van der Waals surface area contributed by atoms with Crippen molar-refractivity contribution in [3.63, 3.8) is 0 Å². The normalized spacial score (nSPS) is 16.1. The van der Waals surface area contributed by atoms with Crippen LogP contribution in [-0.2, 0) is 6.54 Å². The Balaban J connectivity index is 1.55. The lowest BCUT2D eigenvalue weighted by Crippen LogP contribution is -2.29. The number of carbonyl (C=O) groups excluding carboxylic acids is 1. The number of benzene rings is 3. The van der Waals surface area contributed by atoms with Gasteiger partial charge in [-0.15, -0.1) is 0 Å². The summed E-state index contributed by atoms with van der Waals surface area (Å²) >= 11 is 3.35. The van der Waals surface area contributed by atoms with Gasteiger partial charge in [-0.3, -0.25) is 9.59 Å². The van der Waals surface area contributed by atoms with E-state index in [-0.39, 0.29) is 41.6 Å².